The molecular formula is C22H24ClN5OS. The van der Waals surface area contributed by atoms with Crippen molar-refractivity contribution in [2.24, 2.45) is 0 Å². The molecule has 2 aromatic heterocycles. The fourth-order valence-corrected chi connectivity index (χ4v) is 4.35. The Morgan fingerprint density at radius 1 is 1.33 bits per heavy atom. The van der Waals surface area contributed by atoms with E-state index in [-0.39, 0.29) is 5.91 Å². The summed E-state index contributed by atoms with van der Waals surface area (Å²) in [6, 6.07) is 8.17. The van der Waals surface area contributed by atoms with E-state index in [2.05, 4.69) is 27.5 Å². The van der Waals surface area contributed by atoms with Crippen molar-refractivity contribution >= 4 is 34.0 Å². The number of rotatable bonds is 8. The number of hydrogen-bond acceptors (Lipinski definition) is 5. The van der Waals surface area contributed by atoms with Crippen molar-refractivity contribution in [3.05, 3.63) is 62.4 Å². The molecule has 3 aromatic rings. The number of nitrogens with zero attached hydrogens (tertiary/aromatic N) is 4. The van der Waals surface area contributed by atoms with Crippen LogP contribution in [0.2, 0.25) is 5.02 Å². The molecule has 0 spiro atoms. The number of aromatic nitrogens is 3. The number of aryl methyl sites for hydroxylation is 3. The van der Waals surface area contributed by atoms with Crippen LogP contribution in [0.15, 0.2) is 24.4 Å². The summed E-state index contributed by atoms with van der Waals surface area (Å²) in [4.78, 5) is 17.8. The van der Waals surface area contributed by atoms with Crippen LogP contribution in [0.3, 0.4) is 0 Å². The second-order valence-corrected chi connectivity index (χ2v) is 8.74. The Morgan fingerprint density at radius 2 is 2.13 bits per heavy atom. The monoisotopic (exact) mass is 441 g/mol. The zero-order valence-electron chi connectivity index (χ0n) is 17.3. The van der Waals surface area contributed by atoms with Crippen molar-refractivity contribution in [1.29, 1.82) is 5.26 Å². The highest BCUT2D eigenvalue weighted by Crippen LogP contribution is 2.24. The lowest BCUT2D eigenvalue weighted by Gasteiger charge is -2.04. The Hall–Kier alpha value is -2.69. The lowest BCUT2D eigenvalue weighted by molar-refractivity contribution is -0.116. The van der Waals surface area contributed by atoms with Crippen molar-refractivity contribution in [2.75, 3.05) is 5.32 Å². The van der Waals surface area contributed by atoms with E-state index >= 15 is 0 Å². The van der Waals surface area contributed by atoms with Crippen LogP contribution in [0.25, 0.3) is 0 Å². The molecule has 1 N–H and O–H groups in total. The lowest BCUT2D eigenvalue weighted by atomic mass is 10.1. The molecule has 0 aliphatic rings. The number of nitriles is 1. The maximum Gasteiger partial charge on any atom is 0.226 e. The first kappa shape index (κ1) is 22.0. The minimum Gasteiger partial charge on any atom is -0.302 e. The summed E-state index contributed by atoms with van der Waals surface area (Å²) in [6.45, 7) is 6.47. The van der Waals surface area contributed by atoms with Crippen LogP contribution in [0.5, 0.6) is 0 Å². The molecule has 0 bridgehead atoms. The molecule has 156 valence electrons. The molecule has 0 fully saturated rings. The number of halogens is 1. The van der Waals surface area contributed by atoms with Crippen LogP contribution in [0.1, 0.15) is 45.8 Å². The molecule has 8 heteroatoms. The van der Waals surface area contributed by atoms with Gasteiger partial charge in [0.15, 0.2) is 5.13 Å². The predicted octanol–water partition coefficient (Wildman–Crippen LogP) is 4.99. The van der Waals surface area contributed by atoms with Crippen LogP contribution in [-0.4, -0.2) is 20.7 Å². The third-order valence-corrected chi connectivity index (χ3v) is 6.30. The van der Waals surface area contributed by atoms with E-state index in [0.29, 0.717) is 30.9 Å². The van der Waals surface area contributed by atoms with Gasteiger partial charge in [0, 0.05) is 34.6 Å². The molecule has 0 unspecified atom stereocenters. The average Bonchev–Trinajstić information content (AvgIpc) is 3.25. The van der Waals surface area contributed by atoms with Crippen molar-refractivity contribution in [1.82, 2.24) is 14.8 Å². The maximum absolute atomic E-state index is 12.4. The topological polar surface area (TPSA) is 83.6 Å². The van der Waals surface area contributed by atoms with Crippen molar-refractivity contribution in [2.45, 2.75) is 53.0 Å². The van der Waals surface area contributed by atoms with Crippen LogP contribution >= 0.6 is 22.9 Å². The maximum atomic E-state index is 12.4. The summed E-state index contributed by atoms with van der Waals surface area (Å²) >= 11 is 7.67. The quantitative estimate of drug-likeness (QED) is 0.533. The molecule has 30 heavy (non-hydrogen) atoms. The first-order valence-electron chi connectivity index (χ1n) is 9.76. The number of thiazole rings is 1. The summed E-state index contributed by atoms with van der Waals surface area (Å²) in [5, 5.41) is 17.5. The summed E-state index contributed by atoms with van der Waals surface area (Å²) in [5.74, 6) is -0.0714. The predicted molar refractivity (Wildman–Crippen MR) is 120 cm³/mol. The molecule has 2 heterocycles. The zero-order chi connectivity index (χ0) is 21.7. The Balaban J connectivity index is 1.55. The van der Waals surface area contributed by atoms with Gasteiger partial charge in [-0.25, -0.2) is 4.98 Å². The van der Waals surface area contributed by atoms with Gasteiger partial charge in [-0.2, -0.15) is 10.4 Å². The first-order valence-corrected chi connectivity index (χ1v) is 11.0. The number of carbonyl (C=O) groups is 1. The summed E-state index contributed by atoms with van der Waals surface area (Å²) < 4.78 is 1.84. The van der Waals surface area contributed by atoms with Crippen molar-refractivity contribution in [3.8, 4) is 6.07 Å². The molecule has 0 atom stereocenters. The van der Waals surface area contributed by atoms with Crippen molar-refractivity contribution < 1.29 is 4.79 Å². The van der Waals surface area contributed by atoms with Crippen LogP contribution < -0.4 is 5.32 Å². The smallest absolute Gasteiger partial charge is 0.226 e. The van der Waals surface area contributed by atoms with E-state index in [1.54, 1.807) is 6.20 Å². The third-order valence-electron chi connectivity index (χ3n) is 4.98. The fraction of sp³-hybridized carbons (Fsp3) is 0.364. The molecule has 1 amide bonds. The fourth-order valence-electron chi connectivity index (χ4n) is 3.28. The van der Waals surface area contributed by atoms with E-state index in [4.69, 9.17) is 16.9 Å². The van der Waals surface area contributed by atoms with Gasteiger partial charge >= 0.3 is 0 Å². The number of benzene rings is 1. The SMILES string of the molecule is Cc1ccc(Cc2cnc(NC(=O)CCc3c(C)nn(CCC#N)c3C)s2)cc1Cl. The Morgan fingerprint density at radius 3 is 2.87 bits per heavy atom. The molecule has 0 saturated heterocycles. The van der Waals surface area contributed by atoms with E-state index in [1.807, 2.05) is 37.6 Å². The van der Waals surface area contributed by atoms with Gasteiger partial charge in [-0.05, 0) is 49.9 Å². The molecule has 1 aromatic carbocycles. The second kappa shape index (κ2) is 9.88. The zero-order valence-corrected chi connectivity index (χ0v) is 18.9. The molecule has 3 rings (SSSR count). The van der Waals surface area contributed by atoms with Gasteiger partial charge in [-0.15, -0.1) is 11.3 Å². The van der Waals surface area contributed by atoms with E-state index in [1.165, 1.54) is 11.3 Å². The van der Waals surface area contributed by atoms with Crippen molar-refractivity contribution in [3.63, 3.8) is 0 Å². The highest BCUT2D eigenvalue weighted by Gasteiger charge is 2.14. The van der Waals surface area contributed by atoms with E-state index < -0.39 is 0 Å². The first-order chi connectivity index (χ1) is 14.4. The number of nitrogens with one attached hydrogen (secondary N) is 1. The highest BCUT2D eigenvalue weighted by atomic mass is 35.5. The normalized spacial score (nSPS) is 10.8. The number of hydrogen-bond donors (Lipinski definition) is 1. The molecule has 6 nitrogen and oxygen atoms in total. The van der Waals surface area contributed by atoms with E-state index in [9.17, 15) is 4.79 Å². The summed E-state index contributed by atoms with van der Waals surface area (Å²) in [7, 11) is 0. The number of carbonyl (C=O) groups excluding carboxylic acids is 1. The molecular weight excluding hydrogens is 418 g/mol. The van der Waals surface area contributed by atoms with Crippen LogP contribution in [0, 0.1) is 32.1 Å². The van der Waals surface area contributed by atoms with Gasteiger partial charge in [0.05, 0.1) is 24.7 Å². The van der Waals surface area contributed by atoms with Crippen LogP contribution in [0.4, 0.5) is 5.13 Å². The minimum atomic E-state index is -0.0714. The van der Waals surface area contributed by atoms with E-state index in [0.717, 1.165) is 44.4 Å². The third kappa shape index (κ3) is 5.47. The number of anilines is 1. The standard InChI is InChI=1S/C22H24ClN5OS/c1-14-5-6-17(12-20(14)23)11-18-13-25-22(30-18)26-21(29)8-7-19-15(2)27-28(16(19)3)10-4-9-24/h5-6,12-13H,4,7-8,10-11H2,1-3H3,(H,25,26,29). The Kier molecular flexibility index (Phi) is 7.24. The molecule has 0 radical (unpaired) electrons. The summed E-state index contributed by atoms with van der Waals surface area (Å²) in [5.41, 5.74) is 5.17. The van der Waals surface area contributed by atoms with Gasteiger partial charge in [0.2, 0.25) is 5.91 Å². The Bertz CT molecular complexity index is 1100. The number of amides is 1. The van der Waals surface area contributed by atoms with Gasteiger partial charge < -0.3 is 5.32 Å². The lowest BCUT2D eigenvalue weighted by Crippen LogP contribution is -2.12. The van der Waals surface area contributed by atoms with Crippen LogP contribution in [-0.2, 0) is 24.2 Å². The molecule has 0 saturated carbocycles. The van der Waals surface area contributed by atoms with Gasteiger partial charge in [0.25, 0.3) is 0 Å². The molecule has 0 aliphatic heterocycles. The highest BCUT2D eigenvalue weighted by molar-refractivity contribution is 7.15. The minimum absolute atomic E-state index is 0.0714. The molecule has 0 aliphatic carbocycles. The van der Waals surface area contributed by atoms with Gasteiger partial charge in [-0.3, -0.25) is 9.48 Å². The average molecular weight is 442 g/mol. The summed E-state index contributed by atoms with van der Waals surface area (Å²) in [6.07, 6.45) is 3.91. The van der Waals surface area contributed by atoms with Gasteiger partial charge in [-0.1, -0.05) is 23.7 Å². The Labute approximate surface area is 185 Å². The second-order valence-electron chi connectivity index (χ2n) is 7.22. The largest absolute Gasteiger partial charge is 0.302 e. The van der Waals surface area contributed by atoms with Gasteiger partial charge in [0.1, 0.15) is 0 Å².